The Balaban J connectivity index is 0.00000341. The van der Waals surface area contributed by atoms with Crippen LogP contribution in [-0.2, 0) is 11.3 Å². The molecule has 0 bridgehead atoms. The fraction of sp³-hybridized carbons (Fsp3) is 0.455. The van der Waals surface area contributed by atoms with E-state index in [-0.39, 0.29) is 24.0 Å². The van der Waals surface area contributed by atoms with Crippen molar-refractivity contribution < 1.29 is 14.2 Å². The molecule has 1 aromatic heterocycles. The van der Waals surface area contributed by atoms with Crippen molar-refractivity contribution >= 4 is 35.6 Å². The number of halogens is 1. The Kier molecular flexibility index (Phi) is 10.6. The number of para-hydroxylation sites is 2. The zero-order chi connectivity index (χ0) is 21.2. The Morgan fingerprint density at radius 2 is 2.03 bits per heavy atom. The summed E-state index contributed by atoms with van der Waals surface area (Å²) in [6.45, 7) is 3.42. The molecule has 0 radical (unpaired) electrons. The predicted octanol–water partition coefficient (Wildman–Crippen LogP) is 2.68. The molecule has 1 fully saturated rings. The van der Waals surface area contributed by atoms with Gasteiger partial charge in [-0.15, -0.1) is 24.0 Å². The van der Waals surface area contributed by atoms with Crippen LogP contribution in [0, 0.1) is 0 Å². The molecule has 2 N–H and O–H groups in total. The minimum atomic E-state index is 0. The molecule has 170 valence electrons. The first-order chi connectivity index (χ1) is 14.7. The van der Waals surface area contributed by atoms with E-state index >= 15 is 0 Å². The highest BCUT2D eigenvalue weighted by atomic mass is 127. The van der Waals surface area contributed by atoms with Gasteiger partial charge in [-0.05, 0) is 24.6 Å². The second-order valence-electron chi connectivity index (χ2n) is 6.98. The maximum atomic E-state index is 5.71. The molecule has 1 saturated heterocycles. The second kappa shape index (κ2) is 13.2. The van der Waals surface area contributed by atoms with Crippen molar-refractivity contribution in [1.29, 1.82) is 0 Å². The fourth-order valence-corrected chi connectivity index (χ4v) is 3.47. The molecular weight excluding hydrogens is 509 g/mol. The number of aliphatic imine (C=N–C) groups is 1. The van der Waals surface area contributed by atoms with Crippen LogP contribution in [-0.4, -0.2) is 64.6 Å². The number of pyridine rings is 1. The van der Waals surface area contributed by atoms with Crippen molar-refractivity contribution in [2.75, 3.05) is 52.5 Å². The average Bonchev–Trinajstić information content (AvgIpc) is 3.26. The van der Waals surface area contributed by atoms with Gasteiger partial charge in [-0.25, -0.2) is 4.98 Å². The highest BCUT2D eigenvalue weighted by molar-refractivity contribution is 14.0. The number of ether oxygens (including phenoxy) is 3. The zero-order valence-corrected chi connectivity index (χ0v) is 20.7. The van der Waals surface area contributed by atoms with Gasteiger partial charge < -0.3 is 29.7 Å². The number of aromatic nitrogens is 1. The molecule has 1 atom stereocenters. The summed E-state index contributed by atoms with van der Waals surface area (Å²) in [4.78, 5) is 11.0. The van der Waals surface area contributed by atoms with Gasteiger partial charge in [-0.1, -0.05) is 18.2 Å². The van der Waals surface area contributed by atoms with Crippen LogP contribution in [0.3, 0.4) is 0 Å². The summed E-state index contributed by atoms with van der Waals surface area (Å²) in [5.41, 5.74) is 2.10. The number of methoxy groups -OCH3 is 2. The van der Waals surface area contributed by atoms with Gasteiger partial charge in [0.25, 0.3) is 0 Å². The number of anilines is 1. The van der Waals surface area contributed by atoms with Crippen LogP contribution in [0.2, 0.25) is 0 Å². The van der Waals surface area contributed by atoms with E-state index < -0.39 is 0 Å². The number of guanidine groups is 1. The molecule has 1 unspecified atom stereocenters. The molecule has 1 aromatic carbocycles. The van der Waals surface area contributed by atoms with Gasteiger partial charge in [-0.3, -0.25) is 4.99 Å². The third-order valence-electron chi connectivity index (χ3n) is 5.00. The number of nitrogens with one attached hydrogen (secondary N) is 2. The van der Waals surface area contributed by atoms with E-state index in [4.69, 9.17) is 14.2 Å². The summed E-state index contributed by atoms with van der Waals surface area (Å²) in [5, 5.41) is 6.89. The van der Waals surface area contributed by atoms with Crippen LogP contribution in [0.25, 0.3) is 0 Å². The van der Waals surface area contributed by atoms with Gasteiger partial charge in [0.05, 0.1) is 19.4 Å². The smallest absolute Gasteiger partial charge is 0.218 e. The summed E-state index contributed by atoms with van der Waals surface area (Å²) in [6, 6.07) is 12.3. The van der Waals surface area contributed by atoms with Crippen LogP contribution in [0.4, 0.5) is 5.69 Å². The third kappa shape index (κ3) is 7.13. The Bertz CT molecular complexity index is 836. The SMILES string of the molecule is CN=C(NCc1cccnc1OCCOC)NC1CCN(c2ccccc2OC)C1.I. The molecule has 0 aliphatic carbocycles. The molecule has 1 aliphatic rings. The van der Waals surface area contributed by atoms with Crippen LogP contribution < -0.4 is 25.0 Å². The Labute approximate surface area is 201 Å². The Hall–Kier alpha value is -2.27. The lowest BCUT2D eigenvalue weighted by molar-refractivity contribution is 0.143. The molecule has 0 spiro atoms. The summed E-state index contributed by atoms with van der Waals surface area (Å²) in [5.74, 6) is 2.27. The summed E-state index contributed by atoms with van der Waals surface area (Å²) in [7, 11) is 5.14. The van der Waals surface area contributed by atoms with Crippen molar-refractivity contribution in [1.82, 2.24) is 15.6 Å². The van der Waals surface area contributed by atoms with Crippen molar-refractivity contribution in [3.8, 4) is 11.6 Å². The largest absolute Gasteiger partial charge is 0.495 e. The standard InChI is InChI=1S/C22H31N5O3.HI/c1-23-22(25-15-17-7-6-11-24-21(17)30-14-13-28-2)26-18-10-12-27(16-18)19-8-4-5-9-20(19)29-3;/h4-9,11,18H,10,12-16H2,1-3H3,(H2,23,25,26);1H. The number of hydrogen-bond acceptors (Lipinski definition) is 6. The van der Waals surface area contributed by atoms with Gasteiger partial charge in [0.1, 0.15) is 12.4 Å². The Morgan fingerprint density at radius 3 is 2.81 bits per heavy atom. The summed E-state index contributed by atoms with van der Waals surface area (Å²) in [6.07, 6.45) is 2.75. The zero-order valence-electron chi connectivity index (χ0n) is 18.3. The molecule has 9 heteroatoms. The fourth-order valence-electron chi connectivity index (χ4n) is 3.47. The van der Waals surface area contributed by atoms with Gasteiger partial charge >= 0.3 is 0 Å². The van der Waals surface area contributed by atoms with E-state index in [1.165, 1.54) is 0 Å². The molecule has 1 aliphatic heterocycles. The first kappa shape index (κ1) is 25.0. The normalized spacial score (nSPS) is 15.9. The maximum Gasteiger partial charge on any atom is 0.218 e. The first-order valence-corrected chi connectivity index (χ1v) is 10.2. The van der Waals surface area contributed by atoms with Crippen molar-refractivity contribution in [2.45, 2.75) is 19.0 Å². The topological polar surface area (TPSA) is 80.2 Å². The van der Waals surface area contributed by atoms with E-state index in [9.17, 15) is 0 Å². The van der Waals surface area contributed by atoms with Crippen LogP contribution in [0.1, 0.15) is 12.0 Å². The monoisotopic (exact) mass is 541 g/mol. The minimum absolute atomic E-state index is 0. The van der Waals surface area contributed by atoms with Gasteiger partial charge in [0.15, 0.2) is 5.96 Å². The number of rotatable bonds is 9. The summed E-state index contributed by atoms with van der Waals surface area (Å²) >= 11 is 0. The molecule has 0 amide bonds. The van der Waals surface area contributed by atoms with E-state index in [0.717, 1.165) is 42.5 Å². The summed E-state index contributed by atoms with van der Waals surface area (Å²) < 4.78 is 16.3. The maximum absolute atomic E-state index is 5.71. The number of benzene rings is 1. The second-order valence-corrected chi connectivity index (χ2v) is 6.98. The number of nitrogens with zero attached hydrogens (tertiary/aromatic N) is 3. The average molecular weight is 541 g/mol. The van der Waals surface area contributed by atoms with Crippen molar-refractivity contribution in [2.24, 2.45) is 4.99 Å². The Morgan fingerprint density at radius 1 is 1.19 bits per heavy atom. The quantitative estimate of drug-likeness (QED) is 0.219. The number of hydrogen-bond donors (Lipinski definition) is 2. The molecule has 31 heavy (non-hydrogen) atoms. The molecule has 8 nitrogen and oxygen atoms in total. The molecule has 0 saturated carbocycles. The van der Waals surface area contributed by atoms with Gasteiger partial charge in [-0.2, -0.15) is 0 Å². The van der Waals surface area contributed by atoms with Crippen molar-refractivity contribution in [3.63, 3.8) is 0 Å². The van der Waals surface area contributed by atoms with E-state index in [0.29, 0.717) is 31.7 Å². The molecule has 2 aromatic rings. The predicted molar refractivity (Wildman–Crippen MR) is 134 cm³/mol. The molecule has 2 heterocycles. The highest BCUT2D eigenvalue weighted by Crippen LogP contribution is 2.30. The lowest BCUT2D eigenvalue weighted by Gasteiger charge is -2.22. The van der Waals surface area contributed by atoms with E-state index in [1.807, 2.05) is 30.3 Å². The van der Waals surface area contributed by atoms with Gasteiger partial charge in [0.2, 0.25) is 5.88 Å². The lowest BCUT2D eigenvalue weighted by atomic mass is 10.2. The van der Waals surface area contributed by atoms with E-state index in [1.54, 1.807) is 27.5 Å². The minimum Gasteiger partial charge on any atom is -0.495 e. The van der Waals surface area contributed by atoms with Crippen molar-refractivity contribution in [3.05, 3.63) is 48.2 Å². The van der Waals surface area contributed by atoms with Crippen LogP contribution >= 0.6 is 24.0 Å². The van der Waals surface area contributed by atoms with Gasteiger partial charge in [0, 0.05) is 51.6 Å². The first-order valence-electron chi connectivity index (χ1n) is 10.2. The molecule has 3 rings (SSSR count). The van der Waals surface area contributed by atoms with E-state index in [2.05, 4.69) is 31.6 Å². The van der Waals surface area contributed by atoms with Crippen LogP contribution in [0.5, 0.6) is 11.6 Å². The van der Waals surface area contributed by atoms with Crippen LogP contribution in [0.15, 0.2) is 47.6 Å². The third-order valence-corrected chi connectivity index (χ3v) is 5.00. The molecular formula is C22H32IN5O3. The highest BCUT2D eigenvalue weighted by Gasteiger charge is 2.25. The lowest BCUT2D eigenvalue weighted by Crippen LogP contribution is -2.44.